The zero-order valence-electron chi connectivity index (χ0n) is 12.7. The van der Waals surface area contributed by atoms with Gasteiger partial charge in [0.05, 0.1) is 12.8 Å². The molecular formula is C13H17ClN4O5. The molecule has 0 spiro atoms. The highest BCUT2D eigenvalue weighted by atomic mass is 35.5. The highest BCUT2D eigenvalue weighted by molar-refractivity contribution is 6.42. The molecule has 23 heavy (non-hydrogen) atoms. The van der Waals surface area contributed by atoms with Crippen LogP contribution in [0.2, 0.25) is 0 Å². The second-order valence-electron chi connectivity index (χ2n) is 5.35. The van der Waals surface area contributed by atoms with Crippen LogP contribution in [0.5, 0.6) is 0 Å². The fourth-order valence-electron chi connectivity index (χ4n) is 1.80. The highest BCUT2D eigenvalue weighted by Crippen LogP contribution is 2.25. The van der Waals surface area contributed by atoms with Crippen LogP contribution in [0.4, 0.5) is 0 Å². The number of hydrogen-bond donors (Lipinski definition) is 2. The summed E-state index contributed by atoms with van der Waals surface area (Å²) in [6, 6.07) is 0. The first-order valence-corrected chi connectivity index (χ1v) is 7.31. The van der Waals surface area contributed by atoms with Gasteiger partial charge < -0.3 is 19.9 Å². The second kappa shape index (κ2) is 7.42. The van der Waals surface area contributed by atoms with Crippen molar-refractivity contribution in [3.05, 3.63) is 22.6 Å². The third-order valence-corrected chi connectivity index (χ3v) is 3.19. The number of ether oxygens (including phenoxy) is 2. The minimum atomic E-state index is -1.03. The smallest absolute Gasteiger partial charge is 0.354 e. The minimum absolute atomic E-state index is 0.00536. The number of aromatic nitrogens is 3. The molecule has 0 bridgehead atoms. The predicted molar refractivity (Wildman–Crippen MR) is 78.0 cm³/mol. The first kappa shape index (κ1) is 17.2. The Balaban J connectivity index is 1.95. The Morgan fingerprint density at radius 2 is 2.35 bits per heavy atom. The molecular weight excluding hydrogens is 328 g/mol. The van der Waals surface area contributed by atoms with Gasteiger partial charge in [0, 0.05) is 6.54 Å². The highest BCUT2D eigenvalue weighted by Gasteiger charge is 2.34. The largest absolute Gasteiger partial charge is 0.480 e. The topological polar surface area (TPSA) is 116 Å². The average Bonchev–Trinajstić information content (AvgIpc) is 3.00. The van der Waals surface area contributed by atoms with Gasteiger partial charge >= 0.3 is 11.9 Å². The van der Waals surface area contributed by atoms with Crippen LogP contribution in [0.15, 0.2) is 16.9 Å². The molecule has 1 aliphatic heterocycles. The van der Waals surface area contributed by atoms with Crippen molar-refractivity contribution in [1.29, 1.82) is 0 Å². The lowest BCUT2D eigenvalue weighted by Crippen LogP contribution is -2.28. The van der Waals surface area contributed by atoms with E-state index in [4.69, 9.17) is 26.2 Å². The van der Waals surface area contributed by atoms with Crippen molar-refractivity contribution in [3.8, 4) is 0 Å². The summed E-state index contributed by atoms with van der Waals surface area (Å²) in [4.78, 5) is 22.1. The van der Waals surface area contributed by atoms with E-state index >= 15 is 0 Å². The van der Waals surface area contributed by atoms with Crippen molar-refractivity contribution in [1.82, 2.24) is 20.3 Å². The van der Waals surface area contributed by atoms with Crippen molar-refractivity contribution in [3.63, 3.8) is 0 Å². The maximum absolute atomic E-state index is 11.5. The number of rotatable bonds is 8. The SMILES string of the molecule is CC(C)CNC1=C(Cl)C(=O)OC1OCc1cn(CC(=O)O)nn1. The van der Waals surface area contributed by atoms with Gasteiger partial charge in [-0.2, -0.15) is 0 Å². The third-order valence-electron chi connectivity index (χ3n) is 2.83. The van der Waals surface area contributed by atoms with Gasteiger partial charge in [0.2, 0.25) is 6.29 Å². The van der Waals surface area contributed by atoms with E-state index in [1.807, 2.05) is 13.8 Å². The lowest BCUT2D eigenvalue weighted by Gasteiger charge is -2.16. The summed E-state index contributed by atoms with van der Waals surface area (Å²) in [6.07, 6.45) is 0.496. The summed E-state index contributed by atoms with van der Waals surface area (Å²) in [5.74, 6) is -1.33. The summed E-state index contributed by atoms with van der Waals surface area (Å²) in [7, 11) is 0. The van der Waals surface area contributed by atoms with E-state index < -0.39 is 18.2 Å². The Labute approximate surface area is 137 Å². The standard InChI is InChI=1S/C13H17ClN4O5/c1-7(2)3-15-11-10(14)12(21)23-13(11)22-6-8-4-18(17-16-8)5-9(19)20/h4,7,13,15H,3,5-6H2,1-2H3,(H,19,20). The number of cyclic esters (lactones) is 1. The lowest BCUT2D eigenvalue weighted by atomic mass is 10.2. The molecule has 2 rings (SSSR count). The lowest BCUT2D eigenvalue weighted by molar-refractivity contribution is -0.162. The molecule has 0 amide bonds. The van der Waals surface area contributed by atoms with Gasteiger partial charge in [-0.1, -0.05) is 30.7 Å². The fraction of sp³-hybridized carbons (Fsp3) is 0.538. The van der Waals surface area contributed by atoms with Gasteiger partial charge in [-0.05, 0) is 5.92 Å². The molecule has 126 valence electrons. The number of halogens is 1. The number of carbonyl (C=O) groups excluding carboxylic acids is 1. The number of carboxylic acids is 1. The molecule has 1 aliphatic rings. The Kier molecular flexibility index (Phi) is 5.56. The van der Waals surface area contributed by atoms with Gasteiger partial charge in [0.25, 0.3) is 0 Å². The first-order valence-electron chi connectivity index (χ1n) is 6.93. The molecule has 1 unspecified atom stereocenters. The Morgan fingerprint density at radius 3 is 3.00 bits per heavy atom. The van der Waals surface area contributed by atoms with E-state index in [0.29, 0.717) is 23.9 Å². The van der Waals surface area contributed by atoms with E-state index in [2.05, 4.69) is 15.6 Å². The molecule has 1 aromatic heterocycles. The van der Waals surface area contributed by atoms with Gasteiger partial charge in [0.1, 0.15) is 17.9 Å². The third kappa shape index (κ3) is 4.67. The monoisotopic (exact) mass is 344 g/mol. The van der Waals surface area contributed by atoms with Crippen LogP contribution in [0, 0.1) is 5.92 Å². The molecule has 1 atom stereocenters. The van der Waals surface area contributed by atoms with Crippen molar-refractivity contribution in [2.75, 3.05) is 6.54 Å². The van der Waals surface area contributed by atoms with E-state index in [0.717, 1.165) is 0 Å². The number of esters is 1. The Bertz CT molecular complexity index is 628. The normalized spacial score (nSPS) is 17.7. The zero-order chi connectivity index (χ0) is 17.0. The molecule has 2 N–H and O–H groups in total. The fourth-order valence-corrected chi connectivity index (χ4v) is 2.00. The van der Waals surface area contributed by atoms with E-state index in [1.165, 1.54) is 10.9 Å². The van der Waals surface area contributed by atoms with E-state index in [-0.39, 0.29) is 18.2 Å². The summed E-state index contributed by atoms with van der Waals surface area (Å²) in [5.41, 5.74) is 0.789. The number of carbonyl (C=O) groups is 2. The summed E-state index contributed by atoms with van der Waals surface area (Å²) < 4.78 is 11.7. The van der Waals surface area contributed by atoms with Crippen molar-refractivity contribution >= 4 is 23.5 Å². The summed E-state index contributed by atoms with van der Waals surface area (Å²) >= 11 is 5.92. The van der Waals surface area contributed by atoms with Crippen LogP contribution in [-0.4, -0.2) is 44.9 Å². The number of hydrogen-bond acceptors (Lipinski definition) is 7. The molecule has 0 fully saturated rings. The Morgan fingerprint density at radius 1 is 1.61 bits per heavy atom. The van der Waals surface area contributed by atoms with E-state index in [9.17, 15) is 9.59 Å². The van der Waals surface area contributed by atoms with Crippen LogP contribution in [0.1, 0.15) is 19.5 Å². The van der Waals surface area contributed by atoms with E-state index in [1.54, 1.807) is 0 Å². The predicted octanol–water partition coefficient (Wildman–Crippen LogP) is 0.458. The molecule has 10 heteroatoms. The van der Waals surface area contributed by atoms with Crippen molar-refractivity contribution < 1.29 is 24.2 Å². The van der Waals surface area contributed by atoms with Crippen LogP contribution >= 0.6 is 11.6 Å². The molecule has 0 aromatic carbocycles. The molecule has 0 saturated heterocycles. The quantitative estimate of drug-likeness (QED) is 0.653. The summed E-state index contributed by atoms with van der Waals surface area (Å²) in [5, 5.41) is 19.1. The Hall–Kier alpha value is -2.13. The number of aliphatic carboxylic acids is 1. The van der Waals surface area contributed by atoms with Gasteiger partial charge in [-0.15, -0.1) is 5.10 Å². The maximum Gasteiger partial charge on any atom is 0.354 e. The minimum Gasteiger partial charge on any atom is -0.480 e. The van der Waals surface area contributed by atoms with Crippen molar-refractivity contribution in [2.24, 2.45) is 5.92 Å². The van der Waals surface area contributed by atoms with Crippen LogP contribution in [0.25, 0.3) is 0 Å². The average molecular weight is 345 g/mol. The van der Waals surface area contributed by atoms with Crippen LogP contribution < -0.4 is 5.32 Å². The maximum atomic E-state index is 11.5. The zero-order valence-corrected chi connectivity index (χ0v) is 13.4. The molecule has 0 saturated carbocycles. The van der Waals surface area contributed by atoms with Gasteiger partial charge in [-0.3, -0.25) is 4.79 Å². The number of nitrogens with one attached hydrogen (secondary N) is 1. The molecule has 9 nitrogen and oxygen atoms in total. The summed E-state index contributed by atoms with van der Waals surface area (Å²) in [6.45, 7) is 4.33. The second-order valence-corrected chi connectivity index (χ2v) is 5.73. The van der Waals surface area contributed by atoms with Crippen LogP contribution in [-0.2, 0) is 32.2 Å². The van der Waals surface area contributed by atoms with Gasteiger partial charge in [0.15, 0.2) is 5.03 Å². The van der Waals surface area contributed by atoms with Gasteiger partial charge in [-0.25, -0.2) is 9.48 Å². The molecule has 1 aromatic rings. The molecule has 0 radical (unpaired) electrons. The molecule has 0 aliphatic carbocycles. The van der Waals surface area contributed by atoms with Crippen LogP contribution in [0.3, 0.4) is 0 Å². The number of carboxylic acid groups (broad SMARTS) is 1. The molecule has 2 heterocycles. The number of nitrogens with zero attached hydrogens (tertiary/aromatic N) is 3. The van der Waals surface area contributed by atoms with Crippen molar-refractivity contribution in [2.45, 2.75) is 33.3 Å². The first-order chi connectivity index (χ1) is 10.9.